The first kappa shape index (κ1) is 12.5. The highest BCUT2D eigenvalue weighted by atomic mass is 79.9. The minimum absolute atomic E-state index is 0.216. The quantitative estimate of drug-likeness (QED) is 0.913. The molecule has 1 N–H and O–H groups in total. The van der Waals surface area contributed by atoms with Gasteiger partial charge in [0, 0.05) is 6.61 Å². The Morgan fingerprint density at radius 2 is 2.07 bits per heavy atom. The van der Waals surface area contributed by atoms with Crippen molar-refractivity contribution < 1.29 is 9.84 Å². The Morgan fingerprint density at radius 1 is 1.40 bits per heavy atom. The summed E-state index contributed by atoms with van der Waals surface area (Å²) < 4.78 is 6.41. The molecule has 15 heavy (non-hydrogen) atoms. The van der Waals surface area contributed by atoms with Gasteiger partial charge in [0.2, 0.25) is 0 Å². The maximum absolute atomic E-state index is 8.83. The fraction of sp³-hybridized carbons (Fsp3) is 0.500. The number of benzene rings is 1. The average molecular weight is 273 g/mol. The molecule has 0 amide bonds. The van der Waals surface area contributed by atoms with Gasteiger partial charge in [-0.1, -0.05) is 6.07 Å². The molecule has 0 saturated heterocycles. The first-order valence-electron chi connectivity index (χ1n) is 5.05. The molecule has 0 fully saturated rings. The molecule has 0 atom stereocenters. The van der Waals surface area contributed by atoms with E-state index in [1.54, 1.807) is 7.11 Å². The smallest absolute Gasteiger partial charge is 0.136 e. The molecular weight excluding hydrogens is 256 g/mol. The first-order chi connectivity index (χ1) is 7.11. The fourth-order valence-electron chi connectivity index (χ4n) is 1.60. The van der Waals surface area contributed by atoms with Crippen LogP contribution in [0.15, 0.2) is 10.5 Å². The van der Waals surface area contributed by atoms with Gasteiger partial charge >= 0.3 is 0 Å². The Bertz CT molecular complexity index is 348. The van der Waals surface area contributed by atoms with Crippen LogP contribution in [0.1, 0.15) is 23.1 Å². The van der Waals surface area contributed by atoms with Crippen molar-refractivity contribution in [2.75, 3.05) is 13.7 Å². The molecule has 0 radical (unpaired) electrons. The average Bonchev–Trinajstić information content (AvgIpc) is 2.23. The molecular formula is C12H17BrO2. The summed E-state index contributed by atoms with van der Waals surface area (Å²) in [6.07, 6.45) is 1.62. The van der Waals surface area contributed by atoms with Crippen LogP contribution in [-0.4, -0.2) is 18.8 Å². The standard InChI is InChI=1S/C12H17BrO2/c1-8-7-10(5-4-6-14)12(15-3)11(13)9(8)2/h7,14H,4-6H2,1-3H3. The molecule has 0 bridgehead atoms. The van der Waals surface area contributed by atoms with E-state index < -0.39 is 0 Å². The summed E-state index contributed by atoms with van der Waals surface area (Å²) in [6, 6.07) is 2.13. The molecule has 3 heteroatoms. The maximum Gasteiger partial charge on any atom is 0.136 e. The highest BCUT2D eigenvalue weighted by Crippen LogP contribution is 2.34. The lowest BCUT2D eigenvalue weighted by Gasteiger charge is -2.14. The second-order valence-corrected chi connectivity index (χ2v) is 4.44. The Morgan fingerprint density at radius 3 is 2.60 bits per heavy atom. The van der Waals surface area contributed by atoms with Crippen molar-refractivity contribution in [3.05, 3.63) is 27.2 Å². The number of hydrogen-bond acceptors (Lipinski definition) is 2. The monoisotopic (exact) mass is 272 g/mol. The normalized spacial score (nSPS) is 10.5. The lowest BCUT2D eigenvalue weighted by Crippen LogP contribution is -1.98. The SMILES string of the molecule is COc1c(CCCO)cc(C)c(C)c1Br. The molecule has 0 aliphatic rings. The van der Waals surface area contributed by atoms with Crippen molar-refractivity contribution in [1.82, 2.24) is 0 Å². The van der Waals surface area contributed by atoms with E-state index in [1.165, 1.54) is 11.1 Å². The van der Waals surface area contributed by atoms with Gasteiger partial charge in [0.05, 0.1) is 11.6 Å². The highest BCUT2D eigenvalue weighted by Gasteiger charge is 2.11. The van der Waals surface area contributed by atoms with Crippen molar-refractivity contribution >= 4 is 15.9 Å². The Hall–Kier alpha value is -0.540. The summed E-state index contributed by atoms with van der Waals surface area (Å²) in [5.74, 6) is 0.895. The van der Waals surface area contributed by atoms with E-state index in [1.807, 2.05) is 0 Å². The molecule has 0 aliphatic carbocycles. The van der Waals surface area contributed by atoms with Crippen LogP contribution in [-0.2, 0) is 6.42 Å². The van der Waals surface area contributed by atoms with Gasteiger partial charge in [0.15, 0.2) is 0 Å². The molecule has 1 aromatic carbocycles. The minimum Gasteiger partial charge on any atom is -0.495 e. The third kappa shape index (κ3) is 2.73. The number of rotatable bonds is 4. The van der Waals surface area contributed by atoms with Gasteiger partial charge in [-0.15, -0.1) is 0 Å². The van der Waals surface area contributed by atoms with Crippen molar-refractivity contribution in [2.45, 2.75) is 26.7 Å². The molecule has 84 valence electrons. The Labute approximate surface area is 99.4 Å². The lowest BCUT2D eigenvalue weighted by atomic mass is 10.0. The molecule has 1 rings (SSSR count). The fourth-order valence-corrected chi connectivity index (χ4v) is 2.32. The number of aliphatic hydroxyl groups is 1. The minimum atomic E-state index is 0.216. The second kappa shape index (κ2) is 5.52. The van der Waals surface area contributed by atoms with Crippen LogP contribution >= 0.6 is 15.9 Å². The number of aryl methyl sites for hydroxylation is 2. The summed E-state index contributed by atoms with van der Waals surface area (Å²) in [5, 5.41) is 8.83. The van der Waals surface area contributed by atoms with Gasteiger partial charge in [-0.25, -0.2) is 0 Å². The summed E-state index contributed by atoms with van der Waals surface area (Å²) in [7, 11) is 1.68. The molecule has 0 unspecified atom stereocenters. The van der Waals surface area contributed by atoms with E-state index >= 15 is 0 Å². The van der Waals surface area contributed by atoms with Gasteiger partial charge in [0.1, 0.15) is 5.75 Å². The van der Waals surface area contributed by atoms with Crippen molar-refractivity contribution in [3.8, 4) is 5.75 Å². The van der Waals surface area contributed by atoms with E-state index in [-0.39, 0.29) is 6.61 Å². The number of hydrogen-bond donors (Lipinski definition) is 1. The van der Waals surface area contributed by atoms with Crippen LogP contribution < -0.4 is 4.74 Å². The van der Waals surface area contributed by atoms with Gasteiger partial charge in [-0.2, -0.15) is 0 Å². The van der Waals surface area contributed by atoms with Crippen LogP contribution in [0.3, 0.4) is 0 Å². The highest BCUT2D eigenvalue weighted by molar-refractivity contribution is 9.10. The number of methoxy groups -OCH3 is 1. The predicted molar refractivity (Wildman–Crippen MR) is 65.6 cm³/mol. The molecule has 0 heterocycles. The summed E-state index contributed by atoms with van der Waals surface area (Å²) >= 11 is 3.55. The van der Waals surface area contributed by atoms with Crippen molar-refractivity contribution in [1.29, 1.82) is 0 Å². The predicted octanol–water partition coefficient (Wildman–Crippen LogP) is 3.00. The van der Waals surface area contributed by atoms with Crippen LogP contribution in [0.2, 0.25) is 0 Å². The molecule has 0 saturated carbocycles. The zero-order valence-electron chi connectivity index (χ0n) is 9.43. The third-order valence-electron chi connectivity index (χ3n) is 2.61. The van der Waals surface area contributed by atoms with Gasteiger partial charge in [-0.05, 0) is 59.3 Å². The molecule has 2 nitrogen and oxygen atoms in total. The third-order valence-corrected chi connectivity index (χ3v) is 3.57. The van der Waals surface area contributed by atoms with Crippen molar-refractivity contribution in [2.24, 2.45) is 0 Å². The molecule has 1 aromatic rings. The Balaban J connectivity index is 3.13. The van der Waals surface area contributed by atoms with E-state index in [4.69, 9.17) is 9.84 Å². The largest absolute Gasteiger partial charge is 0.495 e. The number of aliphatic hydroxyl groups excluding tert-OH is 1. The summed E-state index contributed by atoms with van der Waals surface area (Å²) in [5.41, 5.74) is 3.61. The van der Waals surface area contributed by atoms with Crippen LogP contribution in [0.25, 0.3) is 0 Å². The molecule has 0 aliphatic heterocycles. The second-order valence-electron chi connectivity index (χ2n) is 3.65. The van der Waals surface area contributed by atoms with Gasteiger partial charge in [0.25, 0.3) is 0 Å². The van der Waals surface area contributed by atoms with Gasteiger partial charge < -0.3 is 9.84 Å². The van der Waals surface area contributed by atoms with Gasteiger partial charge in [-0.3, -0.25) is 0 Å². The molecule has 0 aromatic heterocycles. The lowest BCUT2D eigenvalue weighted by molar-refractivity contribution is 0.287. The molecule has 0 spiro atoms. The van der Waals surface area contributed by atoms with E-state index in [9.17, 15) is 0 Å². The van der Waals surface area contributed by atoms with E-state index in [0.717, 1.165) is 28.6 Å². The summed E-state index contributed by atoms with van der Waals surface area (Å²) in [4.78, 5) is 0. The van der Waals surface area contributed by atoms with Crippen LogP contribution in [0.5, 0.6) is 5.75 Å². The van der Waals surface area contributed by atoms with Crippen LogP contribution in [0, 0.1) is 13.8 Å². The van der Waals surface area contributed by atoms with Crippen LogP contribution in [0.4, 0.5) is 0 Å². The van der Waals surface area contributed by atoms with E-state index in [0.29, 0.717) is 0 Å². The number of halogens is 1. The zero-order valence-corrected chi connectivity index (χ0v) is 11.0. The number of ether oxygens (including phenoxy) is 1. The summed E-state index contributed by atoms with van der Waals surface area (Å²) in [6.45, 7) is 4.37. The van der Waals surface area contributed by atoms with E-state index in [2.05, 4.69) is 35.8 Å². The maximum atomic E-state index is 8.83. The Kier molecular flexibility index (Phi) is 4.61. The zero-order chi connectivity index (χ0) is 11.4. The first-order valence-corrected chi connectivity index (χ1v) is 5.84. The topological polar surface area (TPSA) is 29.5 Å². The van der Waals surface area contributed by atoms with Crippen molar-refractivity contribution in [3.63, 3.8) is 0 Å².